The van der Waals surface area contributed by atoms with Crippen LogP contribution in [0.1, 0.15) is 11.1 Å². The quantitative estimate of drug-likeness (QED) is 0.412. The highest BCUT2D eigenvalue weighted by Gasteiger charge is 2.22. The van der Waals surface area contributed by atoms with E-state index in [-0.39, 0.29) is 11.5 Å². The number of halogens is 1. The minimum absolute atomic E-state index is 0.256. The number of thioether (sulfide) groups is 1. The van der Waals surface area contributed by atoms with Crippen LogP contribution < -0.4 is 15.8 Å². The minimum Gasteiger partial charge on any atom is -0.468 e. The zero-order valence-corrected chi connectivity index (χ0v) is 16.9. The Bertz CT molecular complexity index is 992. The predicted molar refractivity (Wildman–Crippen MR) is 113 cm³/mol. The number of hydrogen-bond donors (Lipinski definition) is 2. The molecule has 1 saturated heterocycles. The predicted octanol–water partition coefficient (Wildman–Crippen LogP) is 3.15. The maximum absolute atomic E-state index is 14.4. The Kier molecular flexibility index (Phi) is 6.63. The van der Waals surface area contributed by atoms with Crippen LogP contribution in [0, 0.1) is 5.82 Å². The number of thiocarbonyl (C=S) groups is 1. The third-order valence-electron chi connectivity index (χ3n) is 4.02. The first kappa shape index (κ1) is 21.0. The van der Waals surface area contributed by atoms with Crippen LogP contribution in [0.15, 0.2) is 47.4 Å². The zero-order valence-electron chi connectivity index (χ0n) is 15.3. The Morgan fingerprint density at radius 3 is 2.55 bits per heavy atom. The smallest absolute Gasteiger partial charge is 0.322 e. The molecule has 3 N–H and O–H groups in total. The minimum atomic E-state index is -0.739. The first-order valence-corrected chi connectivity index (χ1v) is 9.73. The van der Waals surface area contributed by atoms with Crippen LogP contribution in [-0.4, -0.2) is 29.3 Å². The molecule has 9 heteroatoms. The summed E-state index contributed by atoms with van der Waals surface area (Å²) in [6.45, 7) is 0. The van der Waals surface area contributed by atoms with Gasteiger partial charge in [0, 0.05) is 11.6 Å². The maximum Gasteiger partial charge on any atom is 0.322 e. The lowest BCUT2D eigenvalue weighted by atomic mass is 10.1. The topological polar surface area (TPSA) is 90.7 Å². The number of ether oxygens (including phenoxy) is 2. The number of benzene rings is 2. The molecule has 0 radical (unpaired) electrons. The van der Waals surface area contributed by atoms with Gasteiger partial charge in [-0.2, -0.15) is 0 Å². The molecule has 1 aliphatic heterocycles. The second kappa shape index (κ2) is 9.17. The van der Waals surface area contributed by atoms with E-state index in [4.69, 9.17) is 22.7 Å². The molecule has 1 atom stereocenters. The molecule has 0 bridgehead atoms. The van der Waals surface area contributed by atoms with E-state index in [1.807, 2.05) is 0 Å². The van der Waals surface area contributed by atoms with Crippen molar-refractivity contribution in [3.05, 3.63) is 64.3 Å². The summed E-state index contributed by atoms with van der Waals surface area (Å²) in [5.74, 6) is -0.538. The summed E-state index contributed by atoms with van der Waals surface area (Å²) in [4.78, 5) is 23.4. The summed E-state index contributed by atoms with van der Waals surface area (Å²) in [5.41, 5.74) is 6.84. The van der Waals surface area contributed by atoms with Crippen LogP contribution in [0.2, 0.25) is 0 Å². The Balaban J connectivity index is 1.67. The summed E-state index contributed by atoms with van der Waals surface area (Å²) in [6, 6.07) is 10.6. The molecule has 0 aliphatic carbocycles. The molecule has 0 unspecified atom stereocenters. The summed E-state index contributed by atoms with van der Waals surface area (Å²) >= 11 is 6.00. The molecular weight excluding hydrogens is 415 g/mol. The van der Waals surface area contributed by atoms with Crippen LogP contribution in [-0.2, 0) is 20.7 Å². The molecule has 29 heavy (non-hydrogen) atoms. The van der Waals surface area contributed by atoms with Crippen LogP contribution in [0.4, 0.5) is 4.39 Å². The number of carbonyl (C=O) groups excluding carboxylic acids is 2. The third-order valence-corrected chi connectivity index (χ3v) is 5.18. The van der Waals surface area contributed by atoms with Crippen LogP contribution in [0.3, 0.4) is 0 Å². The number of amides is 1. The maximum atomic E-state index is 14.4. The molecule has 6 nitrogen and oxygen atoms in total. The molecule has 1 aliphatic rings. The average Bonchev–Trinajstić information content (AvgIpc) is 3.01. The van der Waals surface area contributed by atoms with Gasteiger partial charge in [0.15, 0.2) is 0 Å². The van der Waals surface area contributed by atoms with Crippen molar-refractivity contribution in [1.29, 1.82) is 0 Å². The fraction of sp³-hybridized carbons (Fsp3) is 0.150. The van der Waals surface area contributed by atoms with Crippen molar-refractivity contribution >= 4 is 46.3 Å². The Morgan fingerprint density at radius 1 is 1.28 bits per heavy atom. The van der Waals surface area contributed by atoms with Gasteiger partial charge in [-0.15, -0.1) is 0 Å². The fourth-order valence-corrected chi connectivity index (χ4v) is 3.60. The van der Waals surface area contributed by atoms with Gasteiger partial charge < -0.3 is 20.5 Å². The van der Waals surface area contributed by atoms with E-state index in [0.717, 1.165) is 17.3 Å². The number of nitrogens with two attached hydrogens (primary N) is 1. The first-order chi connectivity index (χ1) is 13.9. The lowest BCUT2D eigenvalue weighted by Crippen LogP contribution is -2.33. The Labute approximate surface area is 176 Å². The summed E-state index contributed by atoms with van der Waals surface area (Å²) in [5, 5.41) is 2.48. The lowest BCUT2D eigenvalue weighted by molar-refractivity contribution is -0.142. The van der Waals surface area contributed by atoms with Crippen molar-refractivity contribution in [3.63, 3.8) is 0 Å². The molecule has 1 heterocycles. The SMILES string of the molecule is COC(=O)[C@@H](N)Cc1ccc(Oc2ccc(/C=C3\SC(=S)NC3=O)c(F)c2)cc1. The van der Waals surface area contributed by atoms with E-state index >= 15 is 0 Å². The zero-order chi connectivity index (χ0) is 21.0. The van der Waals surface area contributed by atoms with Gasteiger partial charge in [-0.05, 0) is 42.3 Å². The van der Waals surface area contributed by atoms with Crippen LogP contribution in [0.5, 0.6) is 11.5 Å². The van der Waals surface area contributed by atoms with Gasteiger partial charge in [0.25, 0.3) is 5.91 Å². The summed E-state index contributed by atoms with van der Waals surface area (Å²) in [7, 11) is 1.29. The molecule has 2 aromatic carbocycles. The molecule has 150 valence electrons. The van der Waals surface area contributed by atoms with Crippen LogP contribution in [0.25, 0.3) is 6.08 Å². The number of rotatable bonds is 6. The molecule has 0 spiro atoms. The Hall–Kier alpha value is -2.75. The van der Waals surface area contributed by atoms with Gasteiger partial charge >= 0.3 is 5.97 Å². The van der Waals surface area contributed by atoms with E-state index in [0.29, 0.717) is 27.1 Å². The van der Waals surface area contributed by atoms with Crippen LogP contribution >= 0.6 is 24.0 Å². The highest BCUT2D eigenvalue weighted by Crippen LogP contribution is 2.29. The molecule has 0 saturated carbocycles. The van der Waals surface area contributed by atoms with Crippen molar-refractivity contribution in [1.82, 2.24) is 5.32 Å². The number of carbonyl (C=O) groups is 2. The number of hydrogen-bond acceptors (Lipinski definition) is 7. The third kappa shape index (κ3) is 5.41. The molecule has 0 aromatic heterocycles. The van der Waals surface area contributed by atoms with E-state index in [2.05, 4.69) is 10.1 Å². The first-order valence-electron chi connectivity index (χ1n) is 8.50. The van der Waals surface area contributed by atoms with Gasteiger partial charge in [0.1, 0.15) is 27.7 Å². The highest BCUT2D eigenvalue weighted by molar-refractivity contribution is 8.26. The second-order valence-corrected chi connectivity index (χ2v) is 7.83. The summed E-state index contributed by atoms with van der Waals surface area (Å²) < 4.78 is 25.0. The van der Waals surface area contributed by atoms with E-state index in [1.165, 1.54) is 25.3 Å². The molecule has 1 amide bonds. The molecule has 2 aromatic rings. The largest absolute Gasteiger partial charge is 0.468 e. The van der Waals surface area contributed by atoms with E-state index < -0.39 is 17.8 Å². The van der Waals surface area contributed by atoms with Gasteiger partial charge in [-0.3, -0.25) is 9.59 Å². The lowest BCUT2D eigenvalue weighted by Gasteiger charge is -2.10. The van der Waals surface area contributed by atoms with Crippen molar-refractivity contribution in [2.45, 2.75) is 12.5 Å². The Morgan fingerprint density at radius 2 is 1.97 bits per heavy atom. The van der Waals surface area contributed by atoms with Gasteiger partial charge in [0.2, 0.25) is 0 Å². The molecular formula is C20H17FN2O4S2. The van der Waals surface area contributed by atoms with Crippen molar-refractivity contribution in [2.24, 2.45) is 5.73 Å². The van der Waals surface area contributed by atoms with Gasteiger partial charge in [0.05, 0.1) is 12.0 Å². The van der Waals surface area contributed by atoms with Crippen molar-refractivity contribution in [2.75, 3.05) is 7.11 Å². The second-order valence-electron chi connectivity index (χ2n) is 6.12. The van der Waals surface area contributed by atoms with Crippen molar-refractivity contribution in [3.8, 4) is 11.5 Å². The average molecular weight is 432 g/mol. The van der Waals surface area contributed by atoms with Crippen molar-refractivity contribution < 1.29 is 23.5 Å². The fourth-order valence-electron chi connectivity index (χ4n) is 2.57. The van der Waals surface area contributed by atoms with Gasteiger partial charge in [-0.1, -0.05) is 36.1 Å². The number of nitrogens with one attached hydrogen (secondary N) is 1. The number of methoxy groups -OCH3 is 1. The molecule has 1 fully saturated rings. The standard InChI is InChI=1S/C20H17FN2O4S2/c1-26-19(25)16(22)8-11-2-5-13(6-3-11)27-14-7-4-12(15(21)10-14)9-17-18(24)23-20(28)29-17/h2-7,9-10,16H,8,22H2,1H3,(H,23,24,28)/b17-9-/t16-/m0/s1. The van der Waals surface area contributed by atoms with E-state index in [9.17, 15) is 14.0 Å². The van der Waals surface area contributed by atoms with E-state index in [1.54, 1.807) is 30.3 Å². The molecule has 3 rings (SSSR count). The monoisotopic (exact) mass is 432 g/mol. The normalized spacial score (nSPS) is 15.9. The number of esters is 1. The highest BCUT2D eigenvalue weighted by atomic mass is 32.2. The van der Waals surface area contributed by atoms with Gasteiger partial charge in [-0.25, -0.2) is 4.39 Å². The summed E-state index contributed by atoms with van der Waals surface area (Å²) in [6.07, 6.45) is 1.78.